The molecule has 1 aliphatic heterocycles. The second-order valence-corrected chi connectivity index (χ2v) is 6.43. The molecule has 1 aliphatic rings. The maximum absolute atomic E-state index is 6.00. The van der Waals surface area contributed by atoms with E-state index in [4.69, 9.17) is 9.47 Å². The normalized spacial score (nSPS) is 16.9. The standard InChI is InChI=1S/C15H25NO2S/c1-3-6-16-10-15-9-13(12(2)19-15)11-18-14-4-7-17-8-5-14/h9,14,16H,3-8,10-11H2,1-2H3. The van der Waals surface area contributed by atoms with Crippen LogP contribution < -0.4 is 5.32 Å². The monoisotopic (exact) mass is 283 g/mol. The molecular weight excluding hydrogens is 258 g/mol. The van der Waals surface area contributed by atoms with Gasteiger partial charge in [0.05, 0.1) is 12.7 Å². The third kappa shape index (κ3) is 4.88. The Hall–Kier alpha value is -0.420. The smallest absolute Gasteiger partial charge is 0.0731 e. The second kappa shape index (κ2) is 8.00. The van der Waals surface area contributed by atoms with Crippen LogP contribution in [0.2, 0.25) is 0 Å². The fourth-order valence-electron chi connectivity index (χ4n) is 2.26. The van der Waals surface area contributed by atoms with E-state index in [1.54, 1.807) is 0 Å². The van der Waals surface area contributed by atoms with Gasteiger partial charge in [-0.05, 0) is 44.4 Å². The van der Waals surface area contributed by atoms with Gasteiger partial charge in [-0.15, -0.1) is 11.3 Å². The quantitative estimate of drug-likeness (QED) is 0.779. The molecular formula is C15H25NO2S. The summed E-state index contributed by atoms with van der Waals surface area (Å²) in [4.78, 5) is 2.80. The SMILES string of the molecule is CCCNCc1cc(COC2CCOCC2)c(C)s1. The van der Waals surface area contributed by atoms with Gasteiger partial charge < -0.3 is 14.8 Å². The number of aryl methyl sites for hydroxylation is 1. The maximum atomic E-state index is 6.00. The zero-order valence-electron chi connectivity index (χ0n) is 12.0. The average molecular weight is 283 g/mol. The molecule has 0 radical (unpaired) electrons. The van der Waals surface area contributed by atoms with Crippen molar-refractivity contribution in [2.75, 3.05) is 19.8 Å². The van der Waals surface area contributed by atoms with Crippen molar-refractivity contribution in [1.82, 2.24) is 5.32 Å². The van der Waals surface area contributed by atoms with Crippen molar-refractivity contribution in [2.24, 2.45) is 0 Å². The Kier molecular flexibility index (Phi) is 6.31. The van der Waals surface area contributed by atoms with Crippen LogP contribution in [0.5, 0.6) is 0 Å². The van der Waals surface area contributed by atoms with Crippen molar-refractivity contribution in [3.05, 3.63) is 21.4 Å². The number of hydrogen-bond acceptors (Lipinski definition) is 4. The Labute approximate surface area is 120 Å². The van der Waals surface area contributed by atoms with Gasteiger partial charge in [0.2, 0.25) is 0 Å². The molecule has 2 heterocycles. The van der Waals surface area contributed by atoms with Crippen LogP contribution in [-0.2, 0) is 22.6 Å². The third-order valence-corrected chi connectivity index (χ3v) is 4.53. The van der Waals surface area contributed by atoms with Crippen LogP contribution in [0.4, 0.5) is 0 Å². The molecule has 1 N–H and O–H groups in total. The van der Waals surface area contributed by atoms with Crippen molar-refractivity contribution >= 4 is 11.3 Å². The van der Waals surface area contributed by atoms with Gasteiger partial charge in [-0.25, -0.2) is 0 Å². The highest BCUT2D eigenvalue weighted by molar-refractivity contribution is 7.12. The van der Waals surface area contributed by atoms with E-state index in [9.17, 15) is 0 Å². The Morgan fingerprint density at radius 3 is 2.95 bits per heavy atom. The average Bonchev–Trinajstić information content (AvgIpc) is 2.78. The first-order valence-corrected chi connectivity index (χ1v) is 8.09. The van der Waals surface area contributed by atoms with Crippen LogP contribution in [0, 0.1) is 6.92 Å². The fraction of sp³-hybridized carbons (Fsp3) is 0.733. The molecule has 0 bridgehead atoms. The Morgan fingerprint density at radius 1 is 1.42 bits per heavy atom. The number of rotatable bonds is 7. The number of nitrogens with one attached hydrogen (secondary N) is 1. The van der Waals surface area contributed by atoms with Crippen LogP contribution >= 0.6 is 11.3 Å². The molecule has 1 aromatic heterocycles. The molecule has 0 unspecified atom stereocenters. The first kappa shape index (κ1) is 15.0. The van der Waals surface area contributed by atoms with E-state index >= 15 is 0 Å². The van der Waals surface area contributed by atoms with Crippen molar-refractivity contribution in [1.29, 1.82) is 0 Å². The van der Waals surface area contributed by atoms with E-state index in [1.165, 1.54) is 21.7 Å². The molecule has 108 valence electrons. The summed E-state index contributed by atoms with van der Waals surface area (Å²) in [5.74, 6) is 0. The highest BCUT2D eigenvalue weighted by atomic mass is 32.1. The molecule has 0 aliphatic carbocycles. The summed E-state index contributed by atoms with van der Waals surface area (Å²) < 4.78 is 11.3. The van der Waals surface area contributed by atoms with Crippen molar-refractivity contribution in [2.45, 2.75) is 52.4 Å². The van der Waals surface area contributed by atoms with Gasteiger partial charge in [0.1, 0.15) is 0 Å². The zero-order valence-corrected chi connectivity index (χ0v) is 12.9. The zero-order chi connectivity index (χ0) is 13.5. The molecule has 1 fully saturated rings. The molecule has 1 saturated heterocycles. The van der Waals surface area contributed by atoms with Gasteiger partial charge in [0, 0.05) is 29.5 Å². The van der Waals surface area contributed by atoms with E-state index in [-0.39, 0.29) is 0 Å². The number of hydrogen-bond donors (Lipinski definition) is 1. The second-order valence-electron chi connectivity index (χ2n) is 5.09. The van der Waals surface area contributed by atoms with Crippen molar-refractivity contribution in [3.8, 4) is 0 Å². The highest BCUT2D eigenvalue weighted by Gasteiger charge is 2.15. The van der Waals surface area contributed by atoms with Gasteiger partial charge in [0.15, 0.2) is 0 Å². The van der Waals surface area contributed by atoms with Crippen molar-refractivity contribution in [3.63, 3.8) is 0 Å². The predicted octanol–water partition coefficient (Wildman–Crippen LogP) is 3.25. The largest absolute Gasteiger partial charge is 0.381 e. The van der Waals surface area contributed by atoms with E-state index in [0.717, 1.165) is 45.8 Å². The molecule has 19 heavy (non-hydrogen) atoms. The van der Waals surface area contributed by atoms with Gasteiger partial charge in [0.25, 0.3) is 0 Å². The topological polar surface area (TPSA) is 30.5 Å². The Bertz CT molecular complexity index is 372. The molecule has 0 amide bonds. The summed E-state index contributed by atoms with van der Waals surface area (Å²) in [5, 5.41) is 3.45. The fourth-order valence-corrected chi connectivity index (χ4v) is 3.27. The summed E-state index contributed by atoms with van der Waals surface area (Å²) >= 11 is 1.88. The van der Waals surface area contributed by atoms with Crippen LogP contribution in [0.3, 0.4) is 0 Å². The first-order valence-electron chi connectivity index (χ1n) is 7.28. The van der Waals surface area contributed by atoms with Crippen LogP contribution in [0.15, 0.2) is 6.07 Å². The lowest BCUT2D eigenvalue weighted by Gasteiger charge is -2.22. The van der Waals surface area contributed by atoms with Crippen LogP contribution in [0.25, 0.3) is 0 Å². The van der Waals surface area contributed by atoms with E-state index in [2.05, 4.69) is 25.2 Å². The molecule has 0 atom stereocenters. The van der Waals surface area contributed by atoms with Gasteiger partial charge in [-0.3, -0.25) is 0 Å². The summed E-state index contributed by atoms with van der Waals surface area (Å²) in [7, 11) is 0. The third-order valence-electron chi connectivity index (χ3n) is 3.44. The molecule has 1 aromatic rings. The lowest BCUT2D eigenvalue weighted by Crippen LogP contribution is -2.23. The van der Waals surface area contributed by atoms with Crippen molar-refractivity contribution < 1.29 is 9.47 Å². The molecule has 0 aromatic carbocycles. The molecule has 0 spiro atoms. The van der Waals surface area contributed by atoms with Crippen LogP contribution in [0.1, 0.15) is 41.5 Å². The predicted molar refractivity (Wildman–Crippen MR) is 79.7 cm³/mol. The highest BCUT2D eigenvalue weighted by Crippen LogP contribution is 2.23. The van der Waals surface area contributed by atoms with E-state index in [0.29, 0.717) is 6.10 Å². The number of ether oxygens (including phenoxy) is 2. The summed E-state index contributed by atoms with van der Waals surface area (Å²) in [5.41, 5.74) is 1.35. The maximum Gasteiger partial charge on any atom is 0.0731 e. The molecule has 0 saturated carbocycles. The van der Waals surface area contributed by atoms with E-state index < -0.39 is 0 Å². The first-order chi connectivity index (χ1) is 9.29. The van der Waals surface area contributed by atoms with Gasteiger partial charge >= 0.3 is 0 Å². The number of thiophene rings is 1. The molecule has 3 nitrogen and oxygen atoms in total. The van der Waals surface area contributed by atoms with Crippen LogP contribution in [-0.4, -0.2) is 25.9 Å². The minimum Gasteiger partial charge on any atom is -0.381 e. The van der Waals surface area contributed by atoms with E-state index in [1.807, 2.05) is 11.3 Å². The summed E-state index contributed by atoms with van der Waals surface area (Å²) in [6, 6.07) is 2.29. The minimum atomic E-state index is 0.384. The summed E-state index contributed by atoms with van der Waals surface area (Å²) in [6.45, 7) is 8.90. The Morgan fingerprint density at radius 2 is 2.21 bits per heavy atom. The Balaban J connectivity index is 1.78. The minimum absolute atomic E-state index is 0.384. The lowest BCUT2D eigenvalue weighted by molar-refractivity contribution is -0.0390. The lowest BCUT2D eigenvalue weighted by atomic mass is 10.1. The van der Waals surface area contributed by atoms with Gasteiger partial charge in [-0.2, -0.15) is 0 Å². The summed E-state index contributed by atoms with van der Waals surface area (Å²) in [6.07, 6.45) is 3.64. The molecule has 2 rings (SSSR count). The van der Waals surface area contributed by atoms with Gasteiger partial charge in [-0.1, -0.05) is 6.92 Å². The molecule has 4 heteroatoms.